The van der Waals surface area contributed by atoms with E-state index >= 15 is 0 Å². The first-order chi connectivity index (χ1) is 12.2. The summed E-state index contributed by atoms with van der Waals surface area (Å²) >= 11 is 0. The standard InChI is InChI=1S/C21H26N2O2/c1-3-17-6-4-5-7-20(17)25-15-21(24)22-18-8-10-19(11-9-18)23-13-12-16(2)14-23/h4-11,16H,3,12-15H2,1-2H3,(H,22,24). The molecule has 0 saturated carbocycles. The first-order valence-electron chi connectivity index (χ1n) is 9.01. The van der Waals surface area contributed by atoms with Gasteiger partial charge in [0.2, 0.25) is 0 Å². The smallest absolute Gasteiger partial charge is 0.262 e. The van der Waals surface area contributed by atoms with E-state index in [0.717, 1.165) is 42.4 Å². The van der Waals surface area contributed by atoms with Crippen LogP contribution in [0.4, 0.5) is 11.4 Å². The Hall–Kier alpha value is -2.49. The maximum absolute atomic E-state index is 12.1. The van der Waals surface area contributed by atoms with Crippen LogP contribution in [-0.4, -0.2) is 25.6 Å². The number of para-hydroxylation sites is 1. The molecule has 1 aliphatic heterocycles. The summed E-state index contributed by atoms with van der Waals surface area (Å²) in [4.78, 5) is 14.5. The Morgan fingerprint density at radius 1 is 1.20 bits per heavy atom. The lowest BCUT2D eigenvalue weighted by atomic mass is 10.1. The van der Waals surface area contributed by atoms with Gasteiger partial charge >= 0.3 is 0 Å². The largest absolute Gasteiger partial charge is 0.483 e. The molecule has 1 atom stereocenters. The Morgan fingerprint density at radius 3 is 2.64 bits per heavy atom. The van der Waals surface area contributed by atoms with Crippen LogP contribution >= 0.6 is 0 Å². The Kier molecular flexibility index (Phi) is 5.59. The van der Waals surface area contributed by atoms with Crippen LogP contribution in [0.3, 0.4) is 0 Å². The van der Waals surface area contributed by atoms with Crippen molar-refractivity contribution in [2.24, 2.45) is 5.92 Å². The van der Waals surface area contributed by atoms with E-state index in [-0.39, 0.29) is 12.5 Å². The Balaban J connectivity index is 1.52. The summed E-state index contributed by atoms with van der Waals surface area (Å²) in [5, 5.41) is 2.89. The van der Waals surface area contributed by atoms with Gasteiger partial charge in [-0.2, -0.15) is 0 Å². The molecule has 132 valence electrons. The van der Waals surface area contributed by atoms with Crippen LogP contribution < -0.4 is 15.0 Å². The number of nitrogens with zero attached hydrogens (tertiary/aromatic N) is 1. The topological polar surface area (TPSA) is 41.6 Å². The summed E-state index contributed by atoms with van der Waals surface area (Å²) in [7, 11) is 0. The summed E-state index contributed by atoms with van der Waals surface area (Å²) < 4.78 is 5.66. The fourth-order valence-electron chi connectivity index (χ4n) is 3.20. The molecule has 1 saturated heterocycles. The molecule has 1 aliphatic rings. The van der Waals surface area contributed by atoms with Gasteiger partial charge < -0.3 is 15.0 Å². The maximum atomic E-state index is 12.1. The first-order valence-corrected chi connectivity index (χ1v) is 9.01. The number of carbonyl (C=O) groups is 1. The number of hydrogen-bond donors (Lipinski definition) is 1. The van der Waals surface area contributed by atoms with Crippen LogP contribution in [0.2, 0.25) is 0 Å². The van der Waals surface area contributed by atoms with E-state index < -0.39 is 0 Å². The molecule has 0 aromatic heterocycles. The molecule has 1 N–H and O–H groups in total. The van der Waals surface area contributed by atoms with Gasteiger partial charge in [0.1, 0.15) is 5.75 Å². The van der Waals surface area contributed by atoms with Gasteiger partial charge in [-0.3, -0.25) is 4.79 Å². The highest BCUT2D eigenvalue weighted by molar-refractivity contribution is 5.92. The molecular formula is C21H26N2O2. The normalized spacial score (nSPS) is 16.7. The van der Waals surface area contributed by atoms with Crippen LogP contribution in [0.25, 0.3) is 0 Å². The maximum Gasteiger partial charge on any atom is 0.262 e. The van der Waals surface area contributed by atoms with Crippen molar-refractivity contribution in [1.29, 1.82) is 0 Å². The fraction of sp³-hybridized carbons (Fsp3) is 0.381. The molecule has 0 spiro atoms. The van der Waals surface area contributed by atoms with Gasteiger partial charge in [0.15, 0.2) is 6.61 Å². The minimum absolute atomic E-state index is 0.0163. The zero-order valence-corrected chi connectivity index (χ0v) is 15.0. The Labute approximate surface area is 149 Å². The van der Waals surface area contributed by atoms with E-state index in [9.17, 15) is 4.79 Å². The predicted molar refractivity (Wildman–Crippen MR) is 102 cm³/mol. The highest BCUT2D eigenvalue weighted by Gasteiger charge is 2.18. The van der Waals surface area contributed by atoms with Crippen molar-refractivity contribution < 1.29 is 9.53 Å². The summed E-state index contributed by atoms with van der Waals surface area (Å²) in [6.45, 7) is 6.59. The van der Waals surface area contributed by atoms with Gasteiger partial charge in [0, 0.05) is 24.5 Å². The molecule has 25 heavy (non-hydrogen) atoms. The average molecular weight is 338 g/mol. The average Bonchev–Trinajstić information content (AvgIpc) is 3.07. The van der Waals surface area contributed by atoms with Gasteiger partial charge in [-0.05, 0) is 54.7 Å². The second-order valence-electron chi connectivity index (χ2n) is 6.68. The minimum atomic E-state index is -0.145. The van der Waals surface area contributed by atoms with Crippen molar-refractivity contribution in [3.63, 3.8) is 0 Å². The highest BCUT2D eigenvalue weighted by atomic mass is 16.5. The first kappa shape index (κ1) is 17.3. The second-order valence-corrected chi connectivity index (χ2v) is 6.68. The van der Waals surface area contributed by atoms with Gasteiger partial charge in [0.25, 0.3) is 5.91 Å². The van der Waals surface area contributed by atoms with E-state index in [4.69, 9.17) is 4.74 Å². The van der Waals surface area contributed by atoms with Crippen LogP contribution in [-0.2, 0) is 11.2 Å². The van der Waals surface area contributed by atoms with Gasteiger partial charge in [-0.25, -0.2) is 0 Å². The van der Waals surface area contributed by atoms with E-state index in [1.54, 1.807) is 0 Å². The zero-order valence-electron chi connectivity index (χ0n) is 15.0. The predicted octanol–water partition coefficient (Wildman–Crippen LogP) is 4.11. The second kappa shape index (κ2) is 8.06. The Morgan fingerprint density at radius 2 is 1.96 bits per heavy atom. The zero-order chi connectivity index (χ0) is 17.6. The summed E-state index contributed by atoms with van der Waals surface area (Å²) in [5.74, 6) is 1.38. The number of nitrogens with one attached hydrogen (secondary N) is 1. The number of anilines is 2. The number of hydrogen-bond acceptors (Lipinski definition) is 3. The molecule has 0 radical (unpaired) electrons. The van der Waals surface area contributed by atoms with E-state index in [1.165, 1.54) is 12.1 Å². The number of amides is 1. The van der Waals surface area contributed by atoms with Crippen molar-refractivity contribution in [2.75, 3.05) is 29.9 Å². The minimum Gasteiger partial charge on any atom is -0.483 e. The number of rotatable bonds is 6. The highest BCUT2D eigenvalue weighted by Crippen LogP contribution is 2.25. The third kappa shape index (κ3) is 4.53. The van der Waals surface area contributed by atoms with Gasteiger partial charge in [0.05, 0.1) is 0 Å². The van der Waals surface area contributed by atoms with Crippen molar-refractivity contribution in [3.8, 4) is 5.75 Å². The lowest BCUT2D eigenvalue weighted by Crippen LogP contribution is -2.21. The number of benzene rings is 2. The molecule has 3 rings (SSSR count). The monoisotopic (exact) mass is 338 g/mol. The van der Waals surface area contributed by atoms with Crippen LogP contribution in [0.5, 0.6) is 5.75 Å². The molecule has 0 aliphatic carbocycles. The molecule has 2 aromatic rings. The third-order valence-corrected chi connectivity index (χ3v) is 4.65. The quantitative estimate of drug-likeness (QED) is 0.862. The molecule has 1 heterocycles. The van der Waals surface area contributed by atoms with E-state index in [2.05, 4.69) is 36.2 Å². The van der Waals surface area contributed by atoms with Crippen LogP contribution in [0, 0.1) is 5.92 Å². The van der Waals surface area contributed by atoms with Crippen molar-refractivity contribution in [1.82, 2.24) is 0 Å². The summed E-state index contributed by atoms with van der Waals surface area (Å²) in [6.07, 6.45) is 2.13. The van der Waals surface area contributed by atoms with Crippen LogP contribution in [0.15, 0.2) is 48.5 Å². The summed E-state index contributed by atoms with van der Waals surface area (Å²) in [5.41, 5.74) is 3.13. The lowest BCUT2D eigenvalue weighted by molar-refractivity contribution is -0.118. The van der Waals surface area contributed by atoms with Crippen molar-refractivity contribution >= 4 is 17.3 Å². The molecule has 1 amide bonds. The molecule has 4 heteroatoms. The van der Waals surface area contributed by atoms with E-state index in [0.29, 0.717) is 0 Å². The SMILES string of the molecule is CCc1ccccc1OCC(=O)Nc1ccc(N2CCC(C)C2)cc1. The van der Waals surface area contributed by atoms with Crippen molar-refractivity contribution in [2.45, 2.75) is 26.7 Å². The lowest BCUT2D eigenvalue weighted by Gasteiger charge is -2.18. The van der Waals surface area contributed by atoms with Crippen molar-refractivity contribution in [3.05, 3.63) is 54.1 Å². The molecule has 4 nitrogen and oxygen atoms in total. The fourth-order valence-corrected chi connectivity index (χ4v) is 3.20. The molecule has 1 unspecified atom stereocenters. The van der Waals surface area contributed by atoms with E-state index in [1.807, 2.05) is 36.4 Å². The molecule has 0 bridgehead atoms. The number of aryl methyl sites for hydroxylation is 1. The third-order valence-electron chi connectivity index (χ3n) is 4.65. The number of carbonyl (C=O) groups excluding carboxylic acids is 1. The molecular weight excluding hydrogens is 312 g/mol. The van der Waals surface area contributed by atoms with Gasteiger partial charge in [-0.15, -0.1) is 0 Å². The van der Waals surface area contributed by atoms with Gasteiger partial charge in [-0.1, -0.05) is 32.0 Å². The summed E-state index contributed by atoms with van der Waals surface area (Å²) in [6, 6.07) is 15.9. The van der Waals surface area contributed by atoms with Crippen LogP contribution in [0.1, 0.15) is 25.8 Å². The molecule has 2 aromatic carbocycles. The number of ether oxygens (including phenoxy) is 1. The molecule has 1 fully saturated rings. The Bertz CT molecular complexity index is 712.